The van der Waals surface area contributed by atoms with E-state index in [2.05, 4.69) is 5.32 Å². The second-order valence-corrected chi connectivity index (χ2v) is 7.99. The van der Waals surface area contributed by atoms with Gasteiger partial charge < -0.3 is 5.32 Å². The van der Waals surface area contributed by atoms with Crippen LogP contribution in [0.4, 0.5) is 0 Å². The fourth-order valence-corrected chi connectivity index (χ4v) is 2.78. The zero-order valence-corrected chi connectivity index (χ0v) is 15.6. The maximum absolute atomic E-state index is 12.4. The summed E-state index contributed by atoms with van der Waals surface area (Å²) >= 11 is 18.1. The first-order valence-electron chi connectivity index (χ1n) is 7.68. The molecule has 0 saturated carbocycles. The van der Waals surface area contributed by atoms with Crippen molar-refractivity contribution in [1.82, 2.24) is 5.32 Å². The average molecular weight is 387 g/mol. The summed E-state index contributed by atoms with van der Waals surface area (Å²) in [5.74, 6) is -0.258. The molecule has 0 fully saturated rings. The SMILES string of the molecule is Cc1cccc(C(=O)NC([NH2+]CCc2ccccc2)C(Cl)(Cl)Cl)c1. The maximum atomic E-state index is 12.4. The highest BCUT2D eigenvalue weighted by molar-refractivity contribution is 6.68. The summed E-state index contributed by atoms with van der Waals surface area (Å²) in [4.78, 5) is 12.4. The van der Waals surface area contributed by atoms with Crippen molar-refractivity contribution in [3.63, 3.8) is 0 Å². The van der Waals surface area contributed by atoms with Crippen LogP contribution in [0.3, 0.4) is 0 Å². The van der Waals surface area contributed by atoms with Crippen LogP contribution in [-0.4, -0.2) is 22.4 Å². The fraction of sp³-hybridized carbons (Fsp3) is 0.278. The normalized spacial score (nSPS) is 12.7. The predicted molar refractivity (Wildman–Crippen MR) is 99.7 cm³/mol. The number of hydrogen-bond donors (Lipinski definition) is 2. The first kappa shape index (κ1) is 19.1. The third-order valence-corrected chi connectivity index (χ3v) is 4.30. The lowest BCUT2D eigenvalue weighted by atomic mass is 10.1. The summed E-state index contributed by atoms with van der Waals surface area (Å²) in [5, 5.41) is 4.64. The van der Waals surface area contributed by atoms with Crippen LogP contribution in [0.1, 0.15) is 21.5 Å². The zero-order chi connectivity index (χ0) is 17.6. The molecular formula is C18H20Cl3N2O+. The second-order valence-electron chi connectivity index (χ2n) is 5.62. The lowest BCUT2D eigenvalue weighted by Crippen LogP contribution is -2.96. The topological polar surface area (TPSA) is 45.7 Å². The smallest absolute Gasteiger partial charge is 0.262 e. The van der Waals surface area contributed by atoms with E-state index in [1.54, 1.807) is 12.1 Å². The van der Waals surface area contributed by atoms with Gasteiger partial charge in [0.05, 0.1) is 6.54 Å². The largest absolute Gasteiger partial charge is 0.323 e. The number of hydrogen-bond acceptors (Lipinski definition) is 1. The summed E-state index contributed by atoms with van der Waals surface area (Å²) in [5.41, 5.74) is 2.74. The van der Waals surface area contributed by atoms with Crippen LogP contribution in [0.15, 0.2) is 54.6 Å². The van der Waals surface area contributed by atoms with Crippen molar-refractivity contribution >= 4 is 40.7 Å². The third-order valence-electron chi connectivity index (χ3n) is 3.60. The van der Waals surface area contributed by atoms with Crippen LogP contribution in [0, 0.1) is 6.92 Å². The van der Waals surface area contributed by atoms with Crippen molar-refractivity contribution in [3.8, 4) is 0 Å². The molecule has 0 aliphatic rings. The molecule has 24 heavy (non-hydrogen) atoms. The van der Waals surface area contributed by atoms with Gasteiger partial charge in [0.15, 0.2) is 0 Å². The molecule has 0 bridgehead atoms. The van der Waals surface area contributed by atoms with Crippen LogP contribution in [0.25, 0.3) is 0 Å². The molecule has 0 saturated heterocycles. The first-order chi connectivity index (χ1) is 11.4. The minimum atomic E-state index is -1.60. The Hall–Kier alpha value is -1.26. The van der Waals surface area contributed by atoms with Crippen molar-refractivity contribution in [1.29, 1.82) is 0 Å². The number of alkyl halides is 3. The molecule has 2 rings (SSSR count). The standard InChI is InChI=1S/C18H19Cl3N2O/c1-13-6-5-9-15(12-13)16(24)23-17(18(19,20)21)22-11-10-14-7-3-2-4-8-14/h2-9,12,17,22H,10-11H2,1H3,(H,23,24)/p+1. The van der Waals surface area contributed by atoms with E-state index in [9.17, 15) is 4.79 Å². The first-order valence-corrected chi connectivity index (χ1v) is 8.81. The number of aryl methyl sites for hydroxylation is 1. The summed E-state index contributed by atoms with van der Waals surface area (Å²) in [6.07, 6.45) is 0.150. The Morgan fingerprint density at radius 2 is 1.83 bits per heavy atom. The molecule has 0 aliphatic heterocycles. The quantitative estimate of drug-likeness (QED) is 0.581. The molecule has 128 valence electrons. The number of rotatable bonds is 6. The second kappa shape index (κ2) is 8.72. The molecule has 0 spiro atoms. The van der Waals surface area contributed by atoms with E-state index >= 15 is 0 Å². The van der Waals surface area contributed by atoms with Crippen molar-refractivity contribution in [2.75, 3.05) is 6.54 Å². The van der Waals surface area contributed by atoms with Crippen LogP contribution < -0.4 is 10.6 Å². The molecule has 6 heteroatoms. The van der Waals surface area contributed by atoms with E-state index < -0.39 is 9.96 Å². The van der Waals surface area contributed by atoms with Gasteiger partial charge in [-0.1, -0.05) is 82.8 Å². The Morgan fingerprint density at radius 1 is 1.12 bits per heavy atom. The maximum Gasteiger partial charge on any atom is 0.262 e. The van der Waals surface area contributed by atoms with Crippen LogP contribution >= 0.6 is 34.8 Å². The van der Waals surface area contributed by atoms with Crippen LogP contribution in [-0.2, 0) is 6.42 Å². The van der Waals surface area contributed by atoms with Crippen molar-refractivity contribution in [2.45, 2.75) is 23.3 Å². The minimum Gasteiger partial charge on any atom is -0.323 e. The zero-order valence-electron chi connectivity index (χ0n) is 13.3. The van der Waals surface area contributed by atoms with E-state index in [0.717, 1.165) is 12.0 Å². The number of carbonyl (C=O) groups excluding carboxylic acids is 1. The number of quaternary nitrogens is 1. The number of halogens is 3. The molecule has 1 unspecified atom stereocenters. The Morgan fingerprint density at radius 3 is 2.46 bits per heavy atom. The Labute approximate surface area is 157 Å². The lowest BCUT2D eigenvalue weighted by molar-refractivity contribution is -0.691. The van der Waals surface area contributed by atoms with Gasteiger partial charge >= 0.3 is 0 Å². The summed E-state index contributed by atoms with van der Waals surface area (Å²) in [7, 11) is 0. The molecule has 2 aromatic rings. The fourth-order valence-electron chi connectivity index (χ4n) is 2.35. The number of carbonyl (C=O) groups is 1. The molecule has 2 aromatic carbocycles. The highest BCUT2D eigenvalue weighted by atomic mass is 35.6. The van der Waals surface area contributed by atoms with E-state index in [1.807, 2.05) is 54.7 Å². The van der Waals surface area contributed by atoms with Gasteiger partial charge in [-0.15, -0.1) is 0 Å². The predicted octanol–water partition coefficient (Wildman–Crippen LogP) is 3.23. The highest BCUT2D eigenvalue weighted by Crippen LogP contribution is 2.27. The van der Waals surface area contributed by atoms with Crippen molar-refractivity contribution in [2.24, 2.45) is 0 Å². The van der Waals surface area contributed by atoms with E-state index in [-0.39, 0.29) is 5.91 Å². The molecule has 0 aliphatic carbocycles. The van der Waals surface area contributed by atoms with E-state index in [4.69, 9.17) is 34.8 Å². The molecule has 0 aromatic heterocycles. The van der Waals surface area contributed by atoms with Gasteiger partial charge in [0.25, 0.3) is 9.70 Å². The van der Waals surface area contributed by atoms with E-state index in [1.165, 1.54) is 5.56 Å². The van der Waals surface area contributed by atoms with Gasteiger partial charge in [0.1, 0.15) is 0 Å². The van der Waals surface area contributed by atoms with Crippen molar-refractivity contribution < 1.29 is 10.1 Å². The summed E-state index contributed by atoms with van der Waals surface area (Å²) < 4.78 is -1.60. The monoisotopic (exact) mass is 385 g/mol. The lowest BCUT2D eigenvalue weighted by Gasteiger charge is -2.23. The molecule has 0 heterocycles. The molecule has 3 N–H and O–H groups in total. The van der Waals surface area contributed by atoms with Crippen LogP contribution in [0.5, 0.6) is 0 Å². The number of benzene rings is 2. The molecule has 1 amide bonds. The van der Waals surface area contributed by atoms with Gasteiger partial charge in [-0.2, -0.15) is 0 Å². The average Bonchev–Trinajstić information content (AvgIpc) is 2.54. The van der Waals surface area contributed by atoms with Gasteiger partial charge in [-0.05, 0) is 24.6 Å². The molecule has 0 radical (unpaired) electrons. The minimum absolute atomic E-state index is 0.258. The number of nitrogens with two attached hydrogens (primary N) is 1. The Kier molecular flexibility index (Phi) is 6.93. The Balaban J connectivity index is 1.97. The molecule has 3 nitrogen and oxygen atoms in total. The third kappa shape index (κ3) is 5.99. The van der Waals surface area contributed by atoms with Crippen molar-refractivity contribution in [3.05, 3.63) is 71.3 Å². The Bertz CT molecular complexity index is 671. The van der Waals surface area contributed by atoms with Gasteiger partial charge in [0.2, 0.25) is 6.17 Å². The summed E-state index contributed by atoms with van der Waals surface area (Å²) in [6.45, 7) is 2.62. The van der Waals surface area contributed by atoms with Gasteiger partial charge in [-0.25, -0.2) is 0 Å². The summed E-state index contributed by atoms with van der Waals surface area (Å²) in [6, 6.07) is 17.3. The highest BCUT2D eigenvalue weighted by Gasteiger charge is 2.37. The van der Waals surface area contributed by atoms with E-state index in [0.29, 0.717) is 12.1 Å². The van der Waals surface area contributed by atoms with Gasteiger partial charge in [0, 0.05) is 12.0 Å². The van der Waals surface area contributed by atoms with Crippen LogP contribution in [0.2, 0.25) is 0 Å². The number of nitrogens with one attached hydrogen (secondary N) is 1. The molecular weight excluding hydrogens is 367 g/mol. The number of amides is 1. The molecule has 1 atom stereocenters. The van der Waals surface area contributed by atoms with Gasteiger partial charge in [-0.3, -0.25) is 10.1 Å².